The van der Waals surface area contributed by atoms with Gasteiger partial charge in [0.2, 0.25) is 5.96 Å². The molecule has 6 nitrogen and oxygen atoms in total. The van der Waals surface area contributed by atoms with E-state index in [0.717, 1.165) is 5.69 Å². The maximum atomic E-state index is 8.65. The van der Waals surface area contributed by atoms with Gasteiger partial charge in [-0.1, -0.05) is 24.4 Å². The van der Waals surface area contributed by atoms with Crippen LogP contribution in [-0.4, -0.2) is 32.9 Å². The molecule has 0 aromatic carbocycles. The fourth-order valence-corrected chi connectivity index (χ4v) is 2.52. The Morgan fingerprint density at radius 1 is 1.56 bits per heavy atom. The van der Waals surface area contributed by atoms with Crippen LogP contribution in [0.15, 0.2) is 17.4 Å². The lowest BCUT2D eigenvalue weighted by Crippen LogP contribution is -2.34. The molecule has 0 unspecified atom stereocenters. The molecule has 0 saturated heterocycles. The van der Waals surface area contributed by atoms with Crippen molar-refractivity contribution >= 4 is 5.96 Å². The van der Waals surface area contributed by atoms with E-state index in [9.17, 15) is 0 Å². The van der Waals surface area contributed by atoms with Crippen LogP contribution in [0.3, 0.4) is 0 Å². The second kappa shape index (κ2) is 5.75. The maximum Gasteiger partial charge on any atom is 0.233 e. The predicted molar refractivity (Wildman–Crippen MR) is 69.2 cm³/mol. The molecule has 0 atom stereocenters. The minimum atomic E-state index is 0.117. The number of rotatable bonds is 3. The van der Waals surface area contributed by atoms with Gasteiger partial charge in [0.25, 0.3) is 0 Å². The van der Waals surface area contributed by atoms with Gasteiger partial charge in [-0.2, -0.15) is 5.10 Å². The van der Waals surface area contributed by atoms with Crippen LogP contribution in [0, 0.1) is 0 Å². The molecule has 1 heterocycles. The van der Waals surface area contributed by atoms with Gasteiger partial charge in [0.1, 0.15) is 0 Å². The number of hydrogen-bond donors (Lipinski definition) is 2. The number of oxime groups is 1. The average Bonchev–Trinajstić information content (AvgIpc) is 2.86. The van der Waals surface area contributed by atoms with Crippen LogP contribution in [0.4, 0.5) is 0 Å². The predicted octanol–water partition coefficient (Wildman–Crippen LogP) is 1.52. The molecule has 1 aromatic heterocycles. The van der Waals surface area contributed by atoms with Crippen molar-refractivity contribution in [3.8, 4) is 0 Å². The summed E-state index contributed by atoms with van der Waals surface area (Å²) in [7, 11) is 1.80. The zero-order chi connectivity index (χ0) is 13.0. The number of hydrogen-bond acceptors (Lipinski definition) is 3. The first kappa shape index (κ1) is 12.7. The molecule has 0 bridgehead atoms. The third-order valence-electron chi connectivity index (χ3n) is 3.57. The van der Waals surface area contributed by atoms with E-state index in [4.69, 9.17) is 10.9 Å². The summed E-state index contributed by atoms with van der Waals surface area (Å²) < 4.78 is 2.10. The molecule has 1 fully saturated rings. The smallest absolute Gasteiger partial charge is 0.233 e. The van der Waals surface area contributed by atoms with Crippen LogP contribution in [0.1, 0.15) is 43.8 Å². The summed E-state index contributed by atoms with van der Waals surface area (Å²) in [4.78, 5) is 1.70. The van der Waals surface area contributed by atoms with E-state index < -0.39 is 0 Å². The zero-order valence-corrected chi connectivity index (χ0v) is 10.8. The first-order valence-electron chi connectivity index (χ1n) is 6.43. The number of nitrogens with two attached hydrogens (primary N) is 1. The minimum absolute atomic E-state index is 0.117. The molecule has 3 N–H and O–H groups in total. The normalized spacial score (nSPS) is 17.9. The Labute approximate surface area is 107 Å². The fraction of sp³-hybridized carbons (Fsp3) is 0.667. The Balaban J connectivity index is 2.07. The minimum Gasteiger partial charge on any atom is -0.408 e. The Morgan fingerprint density at radius 3 is 2.94 bits per heavy atom. The molecule has 100 valence electrons. The summed E-state index contributed by atoms with van der Waals surface area (Å²) in [6, 6.07) is 2.50. The highest BCUT2D eigenvalue weighted by molar-refractivity contribution is 5.76. The molecule has 2 rings (SSSR count). The molecule has 0 amide bonds. The molecular weight excluding hydrogens is 230 g/mol. The lowest BCUT2D eigenvalue weighted by atomic mass is 9.95. The summed E-state index contributed by atoms with van der Waals surface area (Å²) in [6.07, 6.45) is 8.10. The molecule has 1 aromatic rings. The van der Waals surface area contributed by atoms with E-state index in [0.29, 0.717) is 12.6 Å². The largest absolute Gasteiger partial charge is 0.408 e. The number of nitrogens with zero attached hydrogens (tertiary/aromatic N) is 4. The molecule has 18 heavy (non-hydrogen) atoms. The molecule has 1 aliphatic carbocycles. The third kappa shape index (κ3) is 2.75. The van der Waals surface area contributed by atoms with Crippen molar-refractivity contribution in [1.82, 2.24) is 14.7 Å². The van der Waals surface area contributed by atoms with E-state index in [-0.39, 0.29) is 5.96 Å². The first-order valence-corrected chi connectivity index (χ1v) is 6.43. The van der Waals surface area contributed by atoms with Crippen LogP contribution >= 0.6 is 0 Å². The number of aromatic nitrogens is 2. The highest BCUT2D eigenvalue weighted by atomic mass is 16.4. The highest BCUT2D eigenvalue weighted by Crippen LogP contribution is 2.28. The second-order valence-corrected chi connectivity index (χ2v) is 4.87. The molecule has 0 radical (unpaired) electrons. The first-order chi connectivity index (χ1) is 8.72. The molecular formula is C12H21N5O. The van der Waals surface area contributed by atoms with E-state index in [1.807, 2.05) is 12.3 Å². The van der Waals surface area contributed by atoms with Crippen molar-refractivity contribution in [2.45, 2.75) is 44.7 Å². The van der Waals surface area contributed by atoms with Crippen molar-refractivity contribution in [3.63, 3.8) is 0 Å². The summed E-state index contributed by atoms with van der Waals surface area (Å²) >= 11 is 0. The summed E-state index contributed by atoms with van der Waals surface area (Å²) in [5.41, 5.74) is 6.67. The second-order valence-electron chi connectivity index (χ2n) is 4.87. The zero-order valence-electron chi connectivity index (χ0n) is 10.8. The lowest BCUT2D eigenvalue weighted by Gasteiger charge is -2.25. The van der Waals surface area contributed by atoms with Crippen LogP contribution in [0.2, 0.25) is 0 Å². The maximum absolute atomic E-state index is 8.65. The summed E-state index contributed by atoms with van der Waals surface area (Å²) in [5, 5.41) is 16.1. The van der Waals surface area contributed by atoms with Crippen molar-refractivity contribution in [2.75, 3.05) is 7.05 Å². The quantitative estimate of drug-likeness (QED) is 0.369. The van der Waals surface area contributed by atoms with Crippen LogP contribution in [-0.2, 0) is 6.54 Å². The van der Waals surface area contributed by atoms with Gasteiger partial charge >= 0.3 is 0 Å². The van der Waals surface area contributed by atoms with Gasteiger partial charge in [0.05, 0.1) is 18.3 Å². The summed E-state index contributed by atoms with van der Waals surface area (Å²) in [5.74, 6) is 0.117. The van der Waals surface area contributed by atoms with E-state index in [2.05, 4.69) is 14.9 Å². The van der Waals surface area contributed by atoms with Gasteiger partial charge in [-0.25, -0.2) is 0 Å². The van der Waals surface area contributed by atoms with Crippen molar-refractivity contribution in [1.29, 1.82) is 0 Å². The topological polar surface area (TPSA) is 79.7 Å². The van der Waals surface area contributed by atoms with Gasteiger partial charge in [0.15, 0.2) is 0 Å². The Bertz CT molecular complexity index is 408. The molecule has 0 aliphatic heterocycles. The highest BCUT2D eigenvalue weighted by Gasteiger charge is 2.19. The van der Waals surface area contributed by atoms with Crippen LogP contribution < -0.4 is 5.73 Å². The standard InChI is InChI=1S/C12H21N5O/c1-16(12(13)15-18)9-11-7-8-14-17(11)10-5-3-2-4-6-10/h7-8,10,18H,2-6,9H2,1H3,(H2,13,15). The Morgan fingerprint density at radius 2 is 2.28 bits per heavy atom. The summed E-state index contributed by atoms with van der Waals surface area (Å²) in [6.45, 7) is 0.604. The molecule has 0 spiro atoms. The fourth-order valence-electron chi connectivity index (χ4n) is 2.52. The van der Waals surface area contributed by atoms with E-state index in [1.165, 1.54) is 32.1 Å². The van der Waals surface area contributed by atoms with E-state index >= 15 is 0 Å². The average molecular weight is 251 g/mol. The van der Waals surface area contributed by atoms with Gasteiger partial charge in [-0.05, 0) is 18.9 Å². The van der Waals surface area contributed by atoms with Crippen molar-refractivity contribution in [2.24, 2.45) is 10.9 Å². The lowest BCUT2D eigenvalue weighted by molar-refractivity contribution is 0.295. The van der Waals surface area contributed by atoms with Gasteiger partial charge in [0, 0.05) is 13.2 Å². The Kier molecular flexibility index (Phi) is 4.07. The SMILES string of the molecule is CN(Cc1ccnn1C1CCCCC1)C(N)=NO. The number of guanidine groups is 1. The van der Waals surface area contributed by atoms with Gasteiger partial charge in [-0.15, -0.1) is 0 Å². The molecule has 1 saturated carbocycles. The van der Waals surface area contributed by atoms with Gasteiger partial charge in [-0.3, -0.25) is 4.68 Å². The monoisotopic (exact) mass is 251 g/mol. The van der Waals surface area contributed by atoms with Gasteiger partial charge < -0.3 is 15.8 Å². The van der Waals surface area contributed by atoms with Crippen LogP contribution in [0.25, 0.3) is 0 Å². The Hall–Kier alpha value is -1.72. The van der Waals surface area contributed by atoms with E-state index in [1.54, 1.807) is 11.9 Å². The van der Waals surface area contributed by atoms with Crippen molar-refractivity contribution < 1.29 is 5.21 Å². The van der Waals surface area contributed by atoms with Crippen molar-refractivity contribution in [3.05, 3.63) is 18.0 Å². The molecule has 1 aliphatic rings. The molecule has 6 heteroatoms. The van der Waals surface area contributed by atoms with Crippen LogP contribution in [0.5, 0.6) is 0 Å². The third-order valence-corrected chi connectivity index (χ3v) is 3.57.